The van der Waals surface area contributed by atoms with Crippen LogP contribution in [0.3, 0.4) is 0 Å². The second-order valence-electron chi connectivity index (χ2n) is 6.50. The van der Waals surface area contributed by atoms with Gasteiger partial charge in [0, 0.05) is 25.3 Å². The Hall–Kier alpha value is -1.02. The molecule has 3 rings (SSSR count). The van der Waals surface area contributed by atoms with Crippen molar-refractivity contribution < 1.29 is 0 Å². The molecule has 1 fully saturated rings. The molecule has 1 saturated carbocycles. The number of hydrogen-bond donors (Lipinski definition) is 1. The van der Waals surface area contributed by atoms with E-state index >= 15 is 0 Å². The van der Waals surface area contributed by atoms with Gasteiger partial charge in [-0.1, -0.05) is 38.3 Å². The standard InChI is InChI=1S/C16H24N2/c1-16(8-3-2-4-9-16)12-18-10-13-6-5-7-15(17)14(13)11-18/h5-7H,2-4,8-12,17H2,1H3. The van der Waals surface area contributed by atoms with Crippen molar-refractivity contribution in [3.05, 3.63) is 29.3 Å². The smallest absolute Gasteiger partial charge is 0.0363 e. The second-order valence-corrected chi connectivity index (χ2v) is 6.50. The molecule has 0 radical (unpaired) electrons. The Bertz CT molecular complexity index is 433. The minimum atomic E-state index is 0.537. The lowest BCUT2D eigenvalue weighted by Gasteiger charge is -2.37. The van der Waals surface area contributed by atoms with Gasteiger partial charge >= 0.3 is 0 Å². The van der Waals surface area contributed by atoms with Gasteiger partial charge in [0.2, 0.25) is 0 Å². The van der Waals surface area contributed by atoms with E-state index in [0.29, 0.717) is 5.41 Å². The molecular weight excluding hydrogens is 220 g/mol. The molecule has 0 saturated heterocycles. The van der Waals surface area contributed by atoms with Gasteiger partial charge in [0.15, 0.2) is 0 Å². The average Bonchev–Trinajstić information content (AvgIpc) is 2.73. The Morgan fingerprint density at radius 3 is 2.67 bits per heavy atom. The Morgan fingerprint density at radius 1 is 1.17 bits per heavy atom. The van der Waals surface area contributed by atoms with Gasteiger partial charge in [0.1, 0.15) is 0 Å². The number of fused-ring (bicyclic) bond motifs is 1. The van der Waals surface area contributed by atoms with E-state index in [4.69, 9.17) is 5.73 Å². The lowest BCUT2D eigenvalue weighted by Crippen LogP contribution is -2.34. The van der Waals surface area contributed by atoms with Crippen molar-refractivity contribution in [1.82, 2.24) is 4.90 Å². The Balaban J connectivity index is 1.69. The Morgan fingerprint density at radius 2 is 1.94 bits per heavy atom. The highest BCUT2D eigenvalue weighted by molar-refractivity contribution is 5.52. The molecule has 1 aliphatic carbocycles. The summed E-state index contributed by atoms with van der Waals surface area (Å²) in [5.74, 6) is 0. The molecular formula is C16H24N2. The van der Waals surface area contributed by atoms with E-state index in [-0.39, 0.29) is 0 Å². The van der Waals surface area contributed by atoms with E-state index in [9.17, 15) is 0 Å². The van der Waals surface area contributed by atoms with Crippen LogP contribution in [-0.2, 0) is 13.1 Å². The number of benzene rings is 1. The van der Waals surface area contributed by atoms with Crippen molar-refractivity contribution >= 4 is 5.69 Å². The fourth-order valence-corrected chi connectivity index (χ4v) is 3.73. The van der Waals surface area contributed by atoms with E-state index in [2.05, 4.69) is 24.0 Å². The molecule has 2 aliphatic rings. The summed E-state index contributed by atoms with van der Waals surface area (Å²) in [7, 11) is 0. The molecule has 0 aromatic heterocycles. The van der Waals surface area contributed by atoms with Crippen molar-refractivity contribution in [1.29, 1.82) is 0 Å². The first kappa shape index (κ1) is 12.0. The zero-order valence-corrected chi connectivity index (χ0v) is 11.4. The topological polar surface area (TPSA) is 29.3 Å². The number of hydrogen-bond acceptors (Lipinski definition) is 2. The molecule has 0 spiro atoms. The molecule has 2 N–H and O–H groups in total. The van der Waals surface area contributed by atoms with Gasteiger partial charge in [-0.2, -0.15) is 0 Å². The maximum absolute atomic E-state index is 6.07. The molecule has 2 heteroatoms. The van der Waals surface area contributed by atoms with E-state index < -0.39 is 0 Å². The molecule has 1 aromatic rings. The molecule has 0 atom stereocenters. The zero-order chi connectivity index (χ0) is 12.6. The van der Waals surface area contributed by atoms with Crippen molar-refractivity contribution in [3.63, 3.8) is 0 Å². The molecule has 2 nitrogen and oxygen atoms in total. The van der Waals surface area contributed by atoms with Crippen LogP contribution in [0.1, 0.15) is 50.2 Å². The summed E-state index contributed by atoms with van der Waals surface area (Å²) in [6.45, 7) is 5.85. The number of rotatable bonds is 2. The third-order valence-corrected chi connectivity index (χ3v) is 4.75. The van der Waals surface area contributed by atoms with Crippen molar-refractivity contribution in [2.24, 2.45) is 5.41 Å². The molecule has 1 heterocycles. The summed E-state index contributed by atoms with van der Waals surface area (Å²) in [5, 5.41) is 0. The lowest BCUT2D eigenvalue weighted by molar-refractivity contribution is 0.120. The van der Waals surface area contributed by atoms with Crippen LogP contribution in [0.15, 0.2) is 18.2 Å². The predicted octanol–water partition coefficient (Wildman–Crippen LogP) is 3.55. The first-order chi connectivity index (χ1) is 8.66. The minimum absolute atomic E-state index is 0.537. The van der Waals surface area contributed by atoms with Crippen LogP contribution < -0.4 is 5.73 Å². The highest BCUT2D eigenvalue weighted by Crippen LogP contribution is 2.38. The van der Waals surface area contributed by atoms with E-state index in [1.165, 1.54) is 49.8 Å². The molecule has 1 aliphatic heterocycles. The number of nitrogen functional groups attached to an aromatic ring is 1. The largest absolute Gasteiger partial charge is 0.398 e. The van der Waals surface area contributed by atoms with Crippen LogP contribution in [0, 0.1) is 5.41 Å². The second kappa shape index (κ2) is 4.58. The molecule has 1 aromatic carbocycles. The maximum Gasteiger partial charge on any atom is 0.0363 e. The fraction of sp³-hybridized carbons (Fsp3) is 0.625. The summed E-state index contributed by atoms with van der Waals surface area (Å²) in [4.78, 5) is 2.59. The van der Waals surface area contributed by atoms with Crippen molar-refractivity contribution in [2.75, 3.05) is 12.3 Å². The van der Waals surface area contributed by atoms with Crippen molar-refractivity contribution in [3.8, 4) is 0 Å². The summed E-state index contributed by atoms with van der Waals surface area (Å²) < 4.78 is 0. The normalized spacial score (nSPS) is 22.9. The van der Waals surface area contributed by atoms with E-state index in [0.717, 1.165) is 18.8 Å². The van der Waals surface area contributed by atoms with Gasteiger partial charge in [0.05, 0.1) is 0 Å². The third-order valence-electron chi connectivity index (χ3n) is 4.75. The van der Waals surface area contributed by atoms with Crippen molar-refractivity contribution in [2.45, 2.75) is 52.1 Å². The first-order valence-electron chi connectivity index (χ1n) is 7.25. The van der Waals surface area contributed by atoms with E-state index in [1.807, 2.05) is 6.07 Å². The molecule has 18 heavy (non-hydrogen) atoms. The van der Waals surface area contributed by atoms with Crippen LogP contribution >= 0.6 is 0 Å². The monoisotopic (exact) mass is 244 g/mol. The van der Waals surface area contributed by atoms with Crippen LogP contribution in [-0.4, -0.2) is 11.4 Å². The summed E-state index contributed by atoms with van der Waals surface area (Å²) in [6, 6.07) is 6.35. The summed E-state index contributed by atoms with van der Waals surface area (Å²) >= 11 is 0. The SMILES string of the molecule is CC1(CN2Cc3cccc(N)c3C2)CCCCC1. The number of nitrogens with zero attached hydrogens (tertiary/aromatic N) is 1. The van der Waals surface area contributed by atoms with Crippen LogP contribution in [0.4, 0.5) is 5.69 Å². The predicted molar refractivity (Wildman–Crippen MR) is 76.2 cm³/mol. The fourth-order valence-electron chi connectivity index (χ4n) is 3.73. The van der Waals surface area contributed by atoms with Gasteiger partial charge < -0.3 is 5.73 Å². The van der Waals surface area contributed by atoms with Gasteiger partial charge in [-0.25, -0.2) is 0 Å². The maximum atomic E-state index is 6.07. The first-order valence-corrected chi connectivity index (χ1v) is 7.25. The third kappa shape index (κ3) is 2.26. The Labute approximate surface area is 110 Å². The van der Waals surface area contributed by atoms with Crippen LogP contribution in [0.5, 0.6) is 0 Å². The van der Waals surface area contributed by atoms with Crippen LogP contribution in [0.2, 0.25) is 0 Å². The Kier molecular flexibility index (Phi) is 3.06. The lowest BCUT2D eigenvalue weighted by atomic mass is 9.75. The minimum Gasteiger partial charge on any atom is -0.398 e. The van der Waals surface area contributed by atoms with Gasteiger partial charge in [-0.15, -0.1) is 0 Å². The average molecular weight is 244 g/mol. The highest BCUT2D eigenvalue weighted by Gasteiger charge is 2.31. The van der Waals surface area contributed by atoms with Gasteiger partial charge in [-0.05, 0) is 35.4 Å². The van der Waals surface area contributed by atoms with Crippen LogP contribution in [0.25, 0.3) is 0 Å². The zero-order valence-electron chi connectivity index (χ0n) is 11.4. The summed E-state index contributed by atoms with van der Waals surface area (Å²) in [6.07, 6.45) is 7.06. The van der Waals surface area contributed by atoms with Gasteiger partial charge in [-0.3, -0.25) is 4.90 Å². The quantitative estimate of drug-likeness (QED) is 0.806. The molecule has 0 amide bonds. The number of nitrogens with two attached hydrogens (primary N) is 1. The van der Waals surface area contributed by atoms with E-state index in [1.54, 1.807) is 0 Å². The highest BCUT2D eigenvalue weighted by atomic mass is 15.1. The summed E-state index contributed by atoms with van der Waals surface area (Å²) in [5.41, 5.74) is 10.4. The van der Waals surface area contributed by atoms with Gasteiger partial charge in [0.25, 0.3) is 0 Å². The number of anilines is 1. The molecule has 0 unspecified atom stereocenters. The molecule has 98 valence electrons. The molecule has 0 bridgehead atoms.